The first-order valence-corrected chi connectivity index (χ1v) is 11.8. The number of urea groups is 1. The van der Waals surface area contributed by atoms with Crippen LogP contribution in [0, 0.1) is 5.82 Å². The molecule has 2 atom stereocenters. The highest BCUT2D eigenvalue weighted by Crippen LogP contribution is 2.23. The number of halogens is 1. The van der Waals surface area contributed by atoms with Crippen LogP contribution in [0.1, 0.15) is 19.3 Å². The molecule has 0 aliphatic carbocycles. The fourth-order valence-corrected chi connectivity index (χ4v) is 4.72. The van der Waals surface area contributed by atoms with E-state index in [1.165, 1.54) is 4.90 Å². The number of nitrogens with one attached hydrogen (secondary N) is 1. The van der Waals surface area contributed by atoms with Crippen molar-refractivity contribution in [3.63, 3.8) is 0 Å². The smallest absolute Gasteiger partial charge is 0.319 e. The molecule has 2 fully saturated rings. The second-order valence-corrected chi connectivity index (χ2v) is 9.72. The average molecular weight is 445 g/mol. The molecule has 0 unspecified atom stereocenters. The third-order valence-corrected chi connectivity index (χ3v) is 6.10. The van der Waals surface area contributed by atoms with E-state index in [-0.39, 0.29) is 30.8 Å². The third-order valence-electron chi connectivity index (χ3n) is 5.37. The largest absolute Gasteiger partial charge is 0.376 e. The zero-order chi connectivity index (χ0) is 21.9. The summed E-state index contributed by atoms with van der Waals surface area (Å²) in [5.41, 5.74) is 0. The number of rotatable bonds is 6. The Balaban J connectivity index is 1.57. The van der Waals surface area contributed by atoms with Gasteiger partial charge in [0, 0.05) is 39.8 Å². The molecule has 3 heterocycles. The molecule has 1 aromatic rings. The second-order valence-electron chi connectivity index (χ2n) is 7.94. The lowest BCUT2D eigenvalue weighted by molar-refractivity contribution is 0.00706. The molecule has 1 N–H and O–H groups in total. The lowest BCUT2D eigenvalue weighted by Crippen LogP contribution is -2.52. The summed E-state index contributed by atoms with van der Waals surface area (Å²) in [5, 5.41) is 0. The van der Waals surface area contributed by atoms with Crippen molar-refractivity contribution >= 4 is 22.0 Å². The van der Waals surface area contributed by atoms with E-state index in [0.717, 1.165) is 31.5 Å². The number of anilines is 1. The van der Waals surface area contributed by atoms with Gasteiger partial charge in [-0.05, 0) is 19.3 Å². The number of piperidine rings is 1. The van der Waals surface area contributed by atoms with E-state index in [4.69, 9.17) is 4.74 Å². The van der Waals surface area contributed by atoms with Gasteiger partial charge in [-0.25, -0.2) is 32.3 Å². The number of hydrogen-bond donors (Lipinski definition) is 1. The Hall–Kier alpha value is -2.05. The molecule has 0 bridgehead atoms. The van der Waals surface area contributed by atoms with Gasteiger partial charge in [0.2, 0.25) is 16.0 Å². The van der Waals surface area contributed by atoms with E-state index in [0.29, 0.717) is 32.0 Å². The summed E-state index contributed by atoms with van der Waals surface area (Å²) < 4.78 is 45.2. The Morgan fingerprint density at radius 2 is 1.87 bits per heavy atom. The highest BCUT2D eigenvalue weighted by Gasteiger charge is 2.39. The Morgan fingerprint density at radius 1 is 1.23 bits per heavy atom. The van der Waals surface area contributed by atoms with Gasteiger partial charge in [-0.15, -0.1) is 0 Å². The summed E-state index contributed by atoms with van der Waals surface area (Å²) in [5.74, 6) is 0.0217. The van der Waals surface area contributed by atoms with Crippen molar-refractivity contribution in [3.8, 4) is 0 Å². The van der Waals surface area contributed by atoms with Crippen molar-refractivity contribution in [3.05, 3.63) is 18.2 Å². The second kappa shape index (κ2) is 9.40. The van der Waals surface area contributed by atoms with Gasteiger partial charge in [-0.3, -0.25) is 0 Å². The van der Waals surface area contributed by atoms with Crippen LogP contribution in [0.4, 0.5) is 15.1 Å². The topological polar surface area (TPSA) is 108 Å². The predicted octanol–water partition coefficient (Wildman–Crippen LogP) is 0.275. The molecule has 2 aliphatic rings. The van der Waals surface area contributed by atoms with Crippen LogP contribution in [0.2, 0.25) is 0 Å². The Kier molecular flexibility index (Phi) is 7.09. The van der Waals surface area contributed by atoms with Gasteiger partial charge in [0.25, 0.3) is 0 Å². The quantitative estimate of drug-likeness (QED) is 0.671. The van der Waals surface area contributed by atoms with Crippen molar-refractivity contribution in [2.45, 2.75) is 37.5 Å². The van der Waals surface area contributed by atoms with Crippen molar-refractivity contribution in [1.29, 1.82) is 0 Å². The molecule has 0 aromatic carbocycles. The molecule has 1 aromatic heterocycles. The fraction of sp³-hybridized carbons (Fsp3) is 0.722. The number of likely N-dealkylation sites (tertiary alicyclic amines) is 1. The van der Waals surface area contributed by atoms with Crippen LogP contribution in [0.25, 0.3) is 0 Å². The third kappa shape index (κ3) is 5.76. The van der Waals surface area contributed by atoms with Gasteiger partial charge in [-0.1, -0.05) is 0 Å². The van der Waals surface area contributed by atoms with E-state index in [2.05, 4.69) is 14.7 Å². The molecule has 168 valence electrons. The van der Waals surface area contributed by atoms with Crippen LogP contribution in [-0.2, 0) is 14.8 Å². The number of nitrogens with zero attached hydrogens (tertiary/aromatic N) is 5. The molecule has 0 saturated carbocycles. The fourth-order valence-electron chi connectivity index (χ4n) is 3.89. The van der Waals surface area contributed by atoms with Gasteiger partial charge < -0.3 is 19.4 Å². The molecule has 0 spiro atoms. The number of amides is 2. The SMILES string of the molecule is CN(C)C(=O)N1CC[C@H](NS(C)(=O)=O)[C@@H]1COC1CCN(c2ncc(F)cn2)CC1. The van der Waals surface area contributed by atoms with Gasteiger partial charge in [0.05, 0.1) is 37.4 Å². The minimum atomic E-state index is -3.40. The summed E-state index contributed by atoms with van der Waals surface area (Å²) in [6, 6.07) is -0.908. The summed E-state index contributed by atoms with van der Waals surface area (Å²) in [7, 11) is -0.0555. The maximum Gasteiger partial charge on any atom is 0.319 e. The van der Waals surface area contributed by atoms with E-state index >= 15 is 0 Å². The Bertz CT molecular complexity index is 830. The van der Waals surface area contributed by atoms with Crippen LogP contribution in [0.3, 0.4) is 0 Å². The monoisotopic (exact) mass is 444 g/mol. The first-order valence-electron chi connectivity index (χ1n) is 9.93. The molecule has 2 aliphatic heterocycles. The molecule has 30 heavy (non-hydrogen) atoms. The van der Waals surface area contributed by atoms with E-state index < -0.39 is 15.8 Å². The summed E-state index contributed by atoms with van der Waals surface area (Å²) in [6.07, 6.45) is 5.42. The maximum atomic E-state index is 13.0. The molecule has 2 saturated heterocycles. The average Bonchev–Trinajstić information content (AvgIpc) is 3.07. The Morgan fingerprint density at radius 3 is 2.43 bits per heavy atom. The molecular weight excluding hydrogens is 415 g/mol. The lowest BCUT2D eigenvalue weighted by Gasteiger charge is -2.34. The minimum absolute atomic E-state index is 0.0162. The lowest BCUT2D eigenvalue weighted by atomic mass is 10.1. The van der Waals surface area contributed by atoms with Crippen molar-refractivity contribution in [2.75, 3.05) is 51.5 Å². The highest BCUT2D eigenvalue weighted by atomic mass is 32.2. The van der Waals surface area contributed by atoms with E-state index in [9.17, 15) is 17.6 Å². The zero-order valence-corrected chi connectivity index (χ0v) is 18.3. The van der Waals surface area contributed by atoms with Crippen LogP contribution in [0.5, 0.6) is 0 Å². The van der Waals surface area contributed by atoms with Crippen molar-refractivity contribution in [2.24, 2.45) is 0 Å². The molecule has 3 rings (SSSR count). The van der Waals surface area contributed by atoms with Gasteiger partial charge >= 0.3 is 6.03 Å². The molecule has 10 nitrogen and oxygen atoms in total. The number of sulfonamides is 1. The standard InChI is InChI=1S/C18H29FN6O4S/c1-23(2)18(26)25-9-6-15(22-30(3,27)28)16(25)12-29-14-4-7-24(8-5-14)17-20-10-13(19)11-21-17/h10-11,14-16,22H,4-9,12H2,1-3H3/t15-,16-/m0/s1. The minimum Gasteiger partial charge on any atom is -0.376 e. The molecule has 0 radical (unpaired) electrons. The normalized spacial score (nSPS) is 23.1. The number of hydrogen-bond acceptors (Lipinski definition) is 7. The predicted molar refractivity (Wildman–Crippen MR) is 109 cm³/mol. The summed E-state index contributed by atoms with van der Waals surface area (Å²) in [4.78, 5) is 25.7. The number of carbonyl (C=O) groups excluding carboxylic acids is 1. The van der Waals surface area contributed by atoms with Crippen LogP contribution in [0.15, 0.2) is 12.4 Å². The van der Waals surface area contributed by atoms with Gasteiger partial charge in [0.1, 0.15) is 0 Å². The number of carbonyl (C=O) groups is 1. The molecule has 12 heteroatoms. The van der Waals surface area contributed by atoms with Crippen LogP contribution >= 0.6 is 0 Å². The number of ether oxygens (including phenoxy) is 1. The van der Waals surface area contributed by atoms with E-state index in [1.54, 1.807) is 19.0 Å². The van der Waals surface area contributed by atoms with Crippen molar-refractivity contribution < 1.29 is 22.3 Å². The maximum absolute atomic E-state index is 13.0. The van der Waals surface area contributed by atoms with E-state index in [1.807, 2.05) is 4.90 Å². The van der Waals surface area contributed by atoms with Crippen molar-refractivity contribution in [1.82, 2.24) is 24.5 Å². The van der Waals surface area contributed by atoms with Gasteiger partial charge in [-0.2, -0.15) is 0 Å². The van der Waals surface area contributed by atoms with Gasteiger partial charge in [0.15, 0.2) is 5.82 Å². The molecule has 2 amide bonds. The number of aromatic nitrogens is 2. The zero-order valence-electron chi connectivity index (χ0n) is 17.5. The van der Waals surface area contributed by atoms with Crippen LogP contribution < -0.4 is 9.62 Å². The van der Waals surface area contributed by atoms with Crippen LogP contribution in [-0.4, -0.2) is 99.0 Å². The molecular formula is C18H29FN6O4S. The highest BCUT2D eigenvalue weighted by molar-refractivity contribution is 7.88. The summed E-state index contributed by atoms with van der Waals surface area (Å²) in [6.45, 7) is 2.07. The first-order chi connectivity index (χ1) is 14.1. The Labute approximate surface area is 176 Å². The first kappa shape index (κ1) is 22.6. The summed E-state index contributed by atoms with van der Waals surface area (Å²) >= 11 is 0.